The summed E-state index contributed by atoms with van der Waals surface area (Å²) in [5, 5.41) is 2.93. The number of nitrogens with two attached hydrogens (primary N) is 1. The lowest BCUT2D eigenvalue weighted by Gasteiger charge is -2.23. The van der Waals surface area contributed by atoms with Crippen LogP contribution < -0.4 is 30.0 Å². The van der Waals surface area contributed by atoms with E-state index in [0.29, 0.717) is 23.8 Å². The lowest BCUT2D eigenvalue weighted by Crippen LogP contribution is -2.40. The van der Waals surface area contributed by atoms with Crippen molar-refractivity contribution in [1.82, 2.24) is 5.32 Å². The molecule has 8 heteroatoms. The molecule has 0 unspecified atom stereocenters. The fourth-order valence-corrected chi connectivity index (χ4v) is 2.85. The van der Waals surface area contributed by atoms with Gasteiger partial charge in [0.25, 0.3) is 5.91 Å². The number of carbonyl (C=O) groups excluding carboxylic acids is 1. The Hall–Kier alpha value is -2.64. The molecule has 3 N–H and O–H groups in total. The number of benzene rings is 2. The Kier molecular flexibility index (Phi) is 9.26. The Balaban J connectivity index is 0.00000450. The number of ether oxygens (including phenoxy) is 4. The zero-order valence-electron chi connectivity index (χ0n) is 18.3. The first-order chi connectivity index (χ1) is 13.7. The molecule has 0 aliphatic rings. The maximum Gasteiger partial charge on any atom is 0.255 e. The molecule has 0 saturated carbocycles. The number of hydrogen-bond acceptors (Lipinski definition) is 6. The van der Waals surface area contributed by atoms with Gasteiger partial charge in [-0.3, -0.25) is 4.79 Å². The van der Waals surface area contributed by atoms with E-state index in [1.807, 2.05) is 45.0 Å². The van der Waals surface area contributed by atoms with Crippen LogP contribution in [0.4, 0.5) is 0 Å². The van der Waals surface area contributed by atoms with Crippen molar-refractivity contribution in [3.63, 3.8) is 0 Å². The zero-order valence-corrected chi connectivity index (χ0v) is 19.1. The zero-order chi connectivity index (χ0) is 21.6. The quantitative estimate of drug-likeness (QED) is 0.648. The Morgan fingerprint density at radius 3 is 2.00 bits per heavy atom. The van der Waals surface area contributed by atoms with Gasteiger partial charge in [0, 0.05) is 11.6 Å². The summed E-state index contributed by atoms with van der Waals surface area (Å²) in [5.74, 6) is 1.53. The molecule has 0 bridgehead atoms. The molecule has 1 amide bonds. The van der Waals surface area contributed by atoms with Crippen molar-refractivity contribution in [2.45, 2.75) is 32.7 Å². The Bertz CT molecular complexity index is 848. The van der Waals surface area contributed by atoms with Crippen molar-refractivity contribution in [3.8, 4) is 28.7 Å². The highest BCUT2D eigenvalue weighted by atomic mass is 35.5. The highest BCUT2D eigenvalue weighted by Crippen LogP contribution is 2.48. The first kappa shape index (κ1) is 25.4. The van der Waals surface area contributed by atoms with Crippen LogP contribution in [0.5, 0.6) is 28.7 Å². The van der Waals surface area contributed by atoms with Crippen LogP contribution in [0.2, 0.25) is 0 Å². The fourth-order valence-electron chi connectivity index (χ4n) is 2.85. The van der Waals surface area contributed by atoms with Gasteiger partial charge >= 0.3 is 0 Å². The maximum absolute atomic E-state index is 12.9. The number of halogens is 1. The van der Waals surface area contributed by atoms with E-state index in [1.165, 1.54) is 21.3 Å². The van der Waals surface area contributed by atoms with E-state index in [4.69, 9.17) is 24.7 Å². The van der Waals surface area contributed by atoms with Gasteiger partial charge in [0.05, 0.1) is 26.9 Å². The number of rotatable bonds is 8. The number of carbonyl (C=O) groups is 1. The Labute approximate surface area is 184 Å². The molecule has 166 valence electrons. The number of methoxy groups -OCH3 is 3. The van der Waals surface area contributed by atoms with Crippen molar-refractivity contribution >= 4 is 18.3 Å². The van der Waals surface area contributed by atoms with E-state index in [9.17, 15) is 4.79 Å². The fraction of sp³-hybridized carbons (Fsp3) is 0.409. The minimum Gasteiger partial charge on any atom is -0.492 e. The van der Waals surface area contributed by atoms with E-state index in [2.05, 4.69) is 5.32 Å². The van der Waals surface area contributed by atoms with Gasteiger partial charge < -0.3 is 30.0 Å². The molecule has 7 nitrogen and oxygen atoms in total. The van der Waals surface area contributed by atoms with Crippen LogP contribution in [0.3, 0.4) is 0 Å². The van der Waals surface area contributed by atoms with Gasteiger partial charge in [0.2, 0.25) is 11.5 Å². The topological polar surface area (TPSA) is 92.0 Å². The largest absolute Gasteiger partial charge is 0.492 e. The molecule has 30 heavy (non-hydrogen) atoms. The lowest BCUT2D eigenvalue weighted by molar-refractivity contribution is 0.0915. The number of nitrogens with one attached hydrogen (secondary N) is 1. The average Bonchev–Trinajstić information content (AvgIpc) is 2.67. The monoisotopic (exact) mass is 438 g/mol. The first-order valence-corrected chi connectivity index (χ1v) is 9.36. The Morgan fingerprint density at radius 2 is 1.53 bits per heavy atom. The van der Waals surface area contributed by atoms with E-state index >= 15 is 0 Å². The third-order valence-electron chi connectivity index (χ3n) is 4.09. The molecule has 2 aromatic rings. The third kappa shape index (κ3) is 6.18. The second-order valence-electron chi connectivity index (χ2n) is 7.51. The van der Waals surface area contributed by atoms with E-state index < -0.39 is 5.54 Å². The smallest absolute Gasteiger partial charge is 0.255 e. The van der Waals surface area contributed by atoms with Crippen molar-refractivity contribution in [2.75, 3.05) is 27.9 Å². The van der Waals surface area contributed by atoms with E-state index in [1.54, 1.807) is 6.07 Å². The molecule has 2 aromatic carbocycles. The van der Waals surface area contributed by atoms with Gasteiger partial charge in [-0.15, -0.1) is 12.4 Å². The van der Waals surface area contributed by atoms with Crippen LogP contribution in [0.15, 0.2) is 30.3 Å². The molecule has 0 spiro atoms. The van der Waals surface area contributed by atoms with Crippen molar-refractivity contribution in [1.29, 1.82) is 0 Å². The van der Waals surface area contributed by atoms with Crippen LogP contribution >= 0.6 is 12.4 Å². The van der Waals surface area contributed by atoms with E-state index in [0.717, 1.165) is 12.0 Å². The summed E-state index contributed by atoms with van der Waals surface area (Å²) in [6.45, 7) is 6.28. The van der Waals surface area contributed by atoms with Crippen LogP contribution in [0.25, 0.3) is 0 Å². The predicted molar refractivity (Wildman–Crippen MR) is 120 cm³/mol. The van der Waals surface area contributed by atoms with Crippen LogP contribution in [-0.2, 0) is 6.42 Å². The van der Waals surface area contributed by atoms with Gasteiger partial charge in [-0.2, -0.15) is 0 Å². The van der Waals surface area contributed by atoms with Crippen molar-refractivity contribution < 1.29 is 23.7 Å². The van der Waals surface area contributed by atoms with Crippen LogP contribution in [-0.4, -0.2) is 39.3 Å². The van der Waals surface area contributed by atoms with Gasteiger partial charge in [-0.1, -0.05) is 12.1 Å². The number of hydrogen-bond donors (Lipinski definition) is 2. The van der Waals surface area contributed by atoms with Crippen molar-refractivity contribution in [2.24, 2.45) is 5.73 Å². The third-order valence-corrected chi connectivity index (χ3v) is 4.09. The summed E-state index contributed by atoms with van der Waals surface area (Å²) in [5.41, 5.74) is 6.58. The predicted octanol–water partition coefficient (Wildman–Crippen LogP) is 3.96. The molecule has 0 saturated heterocycles. The maximum atomic E-state index is 12.9. The molecule has 0 aliphatic carbocycles. The minimum atomic E-state index is -0.422. The lowest BCUT2D eigenvalue weighted by atomic mass is 10.1. The van der Waals surface area contributed by atoms with Crippen LogP contribution in [0, 0.1) is 0 Å². The van der Waals surface area contributed by atoms with Gasteiger partial charge in [-0.05, 0) is 51.4 Å². The van der Waals surface area contributed by atoms with Gasteiger partial charge in [0.15, 0.2) is 11.5 Å². The van der Waals surface area contributed by atoms with Gasteiger partial charge in [0.1, 0.15) is 5.75 Å². The van der Waals surface area contributed by atoms with E-state index in [-0.39, 0.29) is 35.4 Å². The minimum absolute atomic E-state index is 0. The second-order valence-corrected chi connectivity index (χ2v) is 7.51. The standard InChI is InChI=1S/C22H30N2O5.ClH/c1-22(2,3)24-21(25)16-13-17(19(27-5)20(28-6)18(16)26-4)29-15-9-7-14(8-10-15)11-12-23;/h7-10,13H,11-12,23H2,1-6H3,(H,24,25);1H. The molecule has 0 heterocycles. The SMILES string of the molecule is COc1c(Oc2ccc(CCN)cc2)cc(C(=O)NC(C)(C)C)c(OC)c1OC.Cl. The molecule has 0 radical (unpaired) electrons. The summed E-state index contributed by atoms with van der Waals surface area (Å²) in [4.78, 5) is 12.9. The van der Waals surface area contributed by atoms with Crippen LogP contribution in [0.1, 0.15) is 36.7 Å². The summed E-state index contributed by atoms with van der Waals surface area (Å²) >= 11 is 0. The summed E-state index contributed by atoms with van der Waals surface area (Å²) in [6.07, 6.45) is 0.789. The summed E-state index contributed by atoms with van der Waals surface area (Å²) < 4.78 is 22.5. The Morgan fingerprint density at radius 1 is 0.967 bits per heavy atom. The molecule has 2 rings (SSSR count). The molecular formula is C22H31ClN2O5. The average molecular weight is 439 g/mol. The second kappa shape index (κ2) is 10.9. The first-order valence-electron chi connectivity index (χ1n) is 9.36. The molecule has 0 aliphatic heterocycles. The van der Waals surface area contributed by atoms with Crippen molar-refractivity contribution in [3.05, 3.63) is 41.5 Å². The highest BCUT2D eigenvalue weighted by molar-refractivity contribution is 5.99. The number of amides is 1. The summed E-state index contributed by atoms with van der Waals surface area (Å²) in [6, 6.07) is 9.17. The molecule has 0 fully saturated rings. The summed E-state index contributed by atoms with van der Waals surface area (Å²) in [7, 11) is 4.46. The van der Waals surface area contributed by atoms with Gasteiger partial charge in [-0.25, -0.2) is 0 Å². The molecular weight excluding hydrogens is 408 g/mol. The molecule has 0 aromatic heterocycles. The molecule has 0 atom stereocenters. The highest BCUT2D eigenvalue weighted by Gasteiger charge is 2.27. The normalized spacial score (nSPS) is 10.6.